The van der Waals surface area contributed by atoms with Gasteiger partial charge >= 0.3 is 5.51 Å². The van der Waals surface area contributed by atoms with Crippen molar-refractivity contribution in [1.82, 2.24) is 24.7 Å². The molecule has 1 unspecified atom stereocenters. The van der Waals surface area contributed by atoms with Crippen LogP contribution in [0.4, 0.5) is 13.2 Å². The van der Waals surface area contributed by atoms with Gasteiger partial charge in [0.1, 0.15) is 17.5 Å². The fourth-order valence-electron chi connectivity index (χ4n) is 2.73. The van der Waals surface area contributed by atoms with Crippen LogP contribution in [0.3, 0.4) is 0 Å². The summed E-state index contributed by atoms with van der Waals surface area (Å²) in [4.78, 5) is 11.4. The van der Waals surface area contributed by atoms with Crippen molar-refractivity contribution in [3.05, 3.63) is 41.9 Å². The van der Waals surface area contributed by atoms with Gasteiger partial charge in [0.15, 0.2) is 32.0 Å². The summed E-state index contributed by atoms with van der Waals surface area (Å²) in [6, 6.07) is 5.78. The zero-order chi connectivity index (χ0) is 23.3. The van der Waals surface area contributed by atoms with E-state index in [2.05, 4.69) is 20.1 Å². The highest BCUT2D eigenvalue weighted by Crippen LogP contribution is 2.32. The van der Waals surface area contributed by atoms with Crippen LogP contribution in [0.5, 0.6) is 0 Å². The molecule has 32 heavy (non-hydrogen) atoms. The Morgan fingerprint density at radius 1 is 1.19 bits per heavy atom. The molecule has 0 amide bonds. The van der Waals surface area contributed by atoms with Crippen molar-refractivity contribution >= 4 is 43.3 Å². The van der Waals surface area contributed by atoms with E-state index in [0.29, 0.717) is 0 Å². The molecule has 0 radical (unpaired) electrons. The number of pyridine rings is 1. The first-order valence-corrected chi connectivity index (χ1v) is 11.9. The van der Waals surface area contributed by atoms with Crippen LogP contribution in [0.15, 0.2) is 50.9 Å². The Hall–Kier alpha value is -2.84. The number of aromatic nitrogens is 5. The molecule has 0 aliphatic carbocycles. The Kier molecular flexibility index (Phi) is 5.55. The molecule has 3 heterocycles. The zero-order valence-corrected chi connectivity index (χ0v) is 18.3. The lowest BCUT2D eigenvalue weighted by atomic mass is 10.3. The molecule has 0 bridgehead atoms. The predicted molar refractivity (Wildman–Crippen MR) is 107 cm³/mol. The Bertz CT molecular complexity index is 1470. The Morgan fingerprint density at radius 2 is 1.94 bits per heavy atom. The van der Waals surface area contributed by atoms with Gasteiger partial charge < -0.3 is 4.42 Å². The maximum absolute atomic E-state index is 12.8. The van der Waals surface area contributed by atoms with Gasteiger partial charge in [-0.25, -0.2) is 32.3 Å². The molecule has 0 fully saturated rings. The van der Waals surface area contributed by atoms with Gasteiger partial charge in [-0.2, -0.15) is 13.2 Å². The van der Waals surface area contributed by atoms with E-state index in [1.807, 2.05) is 0 Å². The second-order valence-electron chi connectivity index (χ2n) is 6.24. The molecule has 4 aromatic rings. The second-order valence-corrected chi connectivity index (χ2v) is 10.3. The zero-order valence-electron chi connectivity index (χ0n) is 15.9. The van der Waals surface area contributed by atoms with E-state index in [1.165, 1.54) is 36.1 Å². The average Bonchev–Trinajstić information content (AvgIpc) is 3.37. The number of oxazole rings is 1. The number of hydrogen-bond acceptors (Lipinski definition) is 8. The fourth-order valence-corrected chi connectivity index (χ4v) is 4.55. The topological polar surface area (TPSA) is 121 Å². The quantitative estimate of drug-likeness (QED) is 0.404. The molecule has 0 saturated carbocycles. The smallest absolute Gasteiger partial charge is 0.435 e. The van der Waals surface area contributed by atoms with Crippen LogP contribution in [-0.2, 0) is 20.6 Å². The van der Waals surface area contributed by atoms with Crippen LogP contribution in [0, 0.1) is 0 Å². The van der Waals surface area contributed by atoms with Crippen molar-refractivity contribution in [3.8, 4) is 17.4 Å². The molecule has 3 aromatic heterocycles. The van der Waals surface area contributed by atoms with E-state index in [0.717, 1.165) is 12.1 Å². The predicted octanol–water partition coefficient (Wildman–Crippen LogP) is 3.54. The summed E-state index contributed by atoms with van der Waals surface area (Å²) in [6.45, 7) is 1.44. The Morgan fingerprint density at radius 3 is 2.56 bits per heavy atom. The molecule has 1 aromatic carbocycles. The maximum Gasteiger partial charge on any atom is 0.475 e. The number of fused-ring (bicyclic) bond motifs is 1. The highest BCUT2D eigenvalue weighted by Gasteiger charge is 2.38. The van der Waals surface area contributed by atoms with Crippen molar-refractivity contribution in [3.63, 3.8) is 0 Å². The van der Waals surface area contributed by atoms with Crippen molar-refractivity contribution in [2.75, 3.05) is 5.75 Å². The van der Waals surface area contributed by atoms with Crippen LogP contribution in [-0.4, -0.2) is 48.6 Å². The second kappa shape index (κ2) is 7.94. The highest BCUT2D eigenvalue weighted by molar-refractivity contribution is 7.91. The summed E-state index contributed by atoms with van der Waals surface area (Å²) >= 11 is 5.72. The van der Waals surface area contributed by atoms with E-state index < -0.39 is 31.0 Å². The number of halogens is 4. The molecule has 0 aliphatic rings. The molecule has 9 nitrogen and oxygen atoms in total. The minimum atomic E-state index is -4.95. The van der Waals surface area contributed by atoms with Crippen molar-refractivity contribution in [2.24, 2.45) is 0 Å². The minimum absolute atomic E-state index is 0.0500. The van der Waals surface area contributed by atoms with E-state index in [1.54, 1.807) is 0 Å². The largest absolute Gasteiger partial charge is 0.475 e. The number of sulfone groups is 1. The van der Waals surface area contributed by atoms with Gasteiger partial charge in [-0.15, -0.1) is 5.10 Å². The van der Waals surface area contributed by atoms with Crippen LogP contribution < -0.4 is 0 Å². The SMILES string of the molecule is CCS(=O)(=O)c1ccc(-n2cnc(Cl)n2)nc1-c1nc2cc(S(=O)C(F)(F)F)ccc2o1. The number of benzene rings is 1. The van der Waals surface area contributed by atoms with E-state index in [4.69, 9.17) is 16.0 Å². The third-order valence-electron chi connectivity index (χ3n) is 4.24. The highest BCUT2D eigenvalue weighted by atomic mass is 35.5. The summed E-state index contributed by atoms with van der Waals surface area (Å²) in [7, 11) is -7.04. The standard InChI is InChI=1S/C17H11ClF3N5O4S2/c1-2-32(28,29)12-5-6-13(26-8-22-16(18)25-26)24-14(12)15-23-10-7-9(3-4-11(10)30-15)31(27)17(19,20)21/h3-8H,2H2,1H3. The maximum atomic E-state index is 12.8. The molecule has 168 valence electrons. The van der Waals surface area contributed by atoms with Gasteiger partial charge in [-0.3, -0.25) is 0 Å². The van der Waals surface area contributed by atoms with Gasteiger partial charge in [-0.05, 0) is 41.9 Å². The van der Waals surface area contributed by atoms with Gasteiger partial charge in [0, 0.05) is 0 Å². The molecule has 0 spiro atoms. The van der Waals surface area contributed by atoms with Crippen LogP contribution in [0.2, 0.25) is 5.28 Å². The summed E-state index contributed by atoms with van der Waals surface area (Å²) in [6.07, 6.45) is 1.26. The average molecular weight is 506 g/mol. The Balaban J connectivity index is 1.89. The molecule has 0 aliphatic heterocycles. The summed E-state index contributed by atoms with van der Waals surface area (Å²) in [5, 5.41) is 3.83. The molecular formula is C17H11ClF3N5O4S2. The van der Waals surface area contributed by atoms with Crippen LogP contribution in [0.1, 0.15) is 6.92 Å². The third-order valence-corrected chi connectivity index (χ3v) is 7.28. The molecule has 15 heteroatoms. The Labute approximate surface area is 185 Å². The van der Waals surface area contributed by atoms with E-state index >= 15 is 0 Å². The lowest BCUT2D eigenvalue weighted by Gasteiger charge is -2.08. The number of alkyl halides is 3. The fraction of sp³-hybridized carbons (Fsp3) is 0.176. The van der Waals surface area contributed by atoms with E-state index in [-0.39, 0.29) is 44.4 Å². The van der Waals surface area contributed by atoms with Crippen molar-refractivity contribution < 1.29 is 30.2 Å². The summed E-state index contributed by atoms with van der Waals surface area (Å²) in [5.41, 5.74) is -5.12. The lowest BCUT2D eigenvalue weighted by molar-refractivity contribution is -0.0384. The first-order valence-electron chi connectivity index (χ1n) is 8.70. The third kappa shape index (κ3) is 4.12. The number of nitrogens with zero attached hydrogens (tertiary/aromatic N) is 5. The van der Waals surface area contributed by atoms with Crippen LogP contribution in [0.25, 0.3) is 28.5 Å². The van der Waals surface area contributed by atoms with Gasteiger partial charge in [0.25, 0.3) is 0 Å². The lowest BCUT2D eigenvalue weighted by Crippen LogP contribution is -2.16. The molecule has 0 saturated heterocycles. The first-order chi connectivity index (χ1) is 15.0. The molecule has 1 atom stereocenters. The van der Waals surface area contributed by atoms with Gasteiger partial charge in [-0.1, -0.05) is 6.92 Å². The van der Waals surface area contributed by atoms with Gasteiger partial charge in [0.2, 0.25) is 11.2 Å². The van der Waals surface area contributed by atoms with Crippen molar-refractivity contribution in [2.45, 2.75) is 22.2 Å². The first kappa shape index (κ1) is 22.4. The van der Waals surface area contributed by atoms with Crippen molar-refractivity contribution in [1.29, 1.82) is 0 Å². The van der Waals surface area contributed by atoms with E-state index in [9.17, 15) is 25.8 Å². The molecule has 4 rings (SSSR count). The summed E-state index contributed by atoms with van der Waals surface area (Å²) in [5.74, 6) is -0.351. The molecular weight excluding hydrogens is 495 g/mol. The minimum Gasteiger partial charge on any atom is -0.435 e. The molecule has 0 N–H and O–H groups in total. The normalized spacial score (nSPS) is 13.5. The number of rotatable bonds is 5. The van der Waals surface area contributed by atoms with Crippen LogP contribution >= 0.6 is 11.6 Å². The number of hydrogen-bond donors (Lipinski definition) is 0. The monoisotopic (exact) mass is 505 g/mol. The summed E-state index contributed by atoms with van der Waals surface area (Å²) < 4.78 is 81.9. The van der Waals surface area contributed by atoms with Gasteiger partial charge in [0.05, 0.1) is 15.5 Å².